The molecule has 0 saturated heterocycles. The molecule has 0 aliphatic heterocycles. The molecule has 1 aliphatic carbocycles. The van der Waals surface area contributed by atoms with Crippen molar-refractivity contribution in [3.63, 3.8) is 0 Å². The van der Waals surface area contributed by atoms with Crippen LogP contribution in [0.2, 0.25) is 0 Å². The van der Waals surface area contributed by atoms with E-state index in [0.717, 1.165) is 11.4 Å². The largest absolute Gasteiger partial charge is 0.309 e. The summed E-state index contributed by atoms with van der Waals surface area (Å²) in [7, 11) is 0. The fourth-order valence-corrected chi connectivity index (χ4v) is 10.4. The van der Waals surface area contributed by atoms with Crippen molar-refractivity contribution in [1.29, 1.82) is 0 Å². The maximum atomic E-state index is 2.49. The van der Waals surface area contributed by atoms with Crippen molar-refractivity contribution in [2.75, 3.05) is 4.90 Å². The number of nitrogens with zero attached hydrogens (tertiary/aromatic N) is 1. The van der Waals surface area contributed by atoms with Gasteiger partial charge in [-0.3, -0.25) is 0 Å². The van der Waals surface area contributed by atoms with E-state index in [-0.39, 0.29) is 5.41 Å². The Morgan fingerprint density at radius 1 is 0.426 bits per heavy atom. The molecule has 0 bridgehead atoms. The second-order valence-corrected chi connectivity index (χ2v) is 15.6. The molecule has 11 rings (SSSR count). The average molecular weight is 706 g/mol. The van der Waals surface area contributed by atoms with Crippen LogP contribution in [0.15, 0.2) is 194 Å². The van der Waals surface area contributed by atoms with Gasteiger partial charge in [-0.1, -0.05) is 158 Å². The Labute approximate surface area is 319 Å². The zero-order valence-corrected chi connectivity index (χ0v) is 30.6. The van der Waals surface area contributed by atoms with Crippen LogP contribution in [0.1, 0.15) is 23.6 Å². The van der Waals surface area contributed by atoms with Gasteiger partial charge in [0.05, 0.1) is 10.4 Å². The Hall–Kier alpha value is -6.48. The fraction of sp³-hybridized carbons (Fsp3) is 0.0385. The number of hydrogen-bond donors (Lipinski definition) is 0. The topological polar surface area (TPSA) is 3.24 Å². The van der Waals surface area contributed by atoms with E-state index >= 15 is 0 Å². The van der Waals surface area contributed by atoms with E-state index < -0.39 is 0 Å². The van der Waals surface area contributed by atoms with Crippen molar-refractivity contribution in [3.05, 3.63) is 211 Å². The highest BCUT2D eigenvalue weighted by atomic mass is 32.1. The molecule has 0 fully saturated rings. The maximum Gasteiger partial charge on any atom is 0.0640 e. The molecule has 0 spiro atoms. The number of thiophene rings is 1. The summed E-state index contributed by atoms with van der Waals surface area (Å²) in [5.41, 5.74) is 12.2. The summed E-state index contributed by atoms with van der Waals surface area (Å²) in [6.07, 6.45) is 0. The Kier molecular flexibility index (Phi) is 6.92. The molecule has 0 amide bonds. The maximum absolute atomic E-state index is 2.49. The van der Waals surface area contributed by atoms with E-state index in [1.54, 1.807) is 0 Å². The van der Waals surface area contributed by atoms with E-state index in [1.807, 2.05) is 11.3 Å². The minimum Gasteiger partial charge on any atom is -0.309 e. The van der Waals surface area contributed by atoms with Crippen molar-refractivity contribution in [1.82, 2.24) is 0 Å². The second-order valence-electron chi connectivity index (χ2n) is 14.6. The van der Waals surface area contributed by atoms with Crippen LogP contribution in [0.4, 0.5) is 17.1 Å². The van der Waals surface area contributed by atoms with E-state index in [1.165, 1.54) is 86.3 Å². The lowest BCUT2D eigenvalue weighted by atomic mass is 9.74. The fourth-order valence-electron chi connectivity index (χ4n) is 9.16. The third-order valence-electron chi connectivity index (χ3n) is 11.7. The minimum absolute atomic E-state index is 0.300. The minimum atomic E-state index is -0.300. The summed E-state index contributed by atoms with van der Waals surface area (Å²) < 4.78 is 2.59. The first-order valence-corrected chi connectivity index (χ1v) is 19.5. The van der Waals surface area contributed by atoms with Gasteiger partial charge in [0.25, 0.3) is 0 Å². The van der Waals surface area contributed by atoms with Crippen LogP contribution in [0.25, 0.3) is 64.0 Å². The quantitative estimate of drug-likeness (QED) is 0.161. The predicted molar refractivity (Wildman–Crippen MR) is 232 cm³/mol. The molecular formula is C52H35NS. The first-order chi connectivity index (χ1) is 26.7. The third-order valence-corrected chi connectivity index (χ3v) is 12.9. The molecule has 0 N–H and O–H groups in total. The van der Waals surface area contributed by atoms with E-state index in [2.05, 4.69) is 206 Å². The van der Waals surface area contributed by atoms with Crippen LogP contribution in [-0.4, -0.2) is 0 Å². The first kappa shape index (κ1) is 31.1. The van der Waals surface area contributed by atoms with Crippen molar-refractivity contribution >= 4 is 70.1 Å². The van der Waals surface area contributed by atoms with Gasteiger partial charge in [-0.15, -0.1) is 11.3 Å². The van der Waals surface area contributed by atoms with Gasteiger partial charge in [-0.2, -0.15) is 0 Å². The Morgan fingerprint density at radius 3 is 1.87 bits per heavy atom. The van der Waals surface area contributed by atoms with Gasteiger partial charge >= 0.3 is 0 Å². The summed E-state index contributed by atoms with van der Waals surface area (Å²) in [4.78, 5) is 2.49. The summed E-state index contributed by atoms with van der Waals surface area (Å²) in [6, 6.07) is 71.8. The van der Waals surface area contributed by atoms with Crippen molar-refractivity contribution in [2.24, 2.45) is 0 Å². The standard InChI is InChI=1S/C52H35NS/c1-52(47-26-7-4-20-43(47)44-21-5-8-27-48(44)52)36-16-11-18-38(33-36)53(49-28-13-25-46-45-22-6-9-29-50(45)54-51(46)49)37-17-10-15-35(32-37)40-23-12-24-41-39-19-3-2-14-34(39)30-31-42(40)41/h2-33H,1H3. The van der Waals surface area contributed by atoms with Crippen molar-refractivity contribution in [2.45, 2.75) is 12.3 Å². The summed E-state index contributed by atoms with van der Waals surface area (Å²) >= 11 is 1.88. The molecule has 1 nitrogen and oxygen atoms in total. The molecule has 0 saturated carbocycles. The van der Waals surface area contributed by atoms with Crippen LogP contribution in [0.3, 0.4) is 0 Å². The number of fused-ring (bicyclic) bond motifs is 9. The first-order valence-electron chi connectivity index (χ1n) is 18.7. The molecular weight excluding hydrogens is 671 g/mol. The van der Waals surface area contributed by atoms with Gasteiger partial charge in [0.1, 0.15) is 0 Å². The van der Waals surface area contributed by atoms with Crippen LogP contribution in [-0.2, 0) is 5.41 Å². The lowest BCUT2D eigenvalue weighted by Gasteiger charge is -2.31. The Morgan fingerprint density at radius 2 is 1.04 bits per heavy atom. The molecule has 0 radical (unpaired) electrons. The van der Waals surface area contributed by atoms with Crippen LogP contribution in [0.5, 0.6) is 0 Å². The highest BCUT2D eigenvalue weighted by Crippen LogP contribution is 2.53. The summed E-state index contributed by atoms with van der Waals surface area (Å²) in [5, 5.41) is 7.68. The zero-order valence-electron chi connectivity index (χ0n) is 29.8. The number of hydrogen-bond acceptors (Lipinski definition) is 2. The molecule has 2 heteroatoms. The van der Waals surface area contributed by atoms with Crippen molar-refractivity contribution < 1.29 is 0 Å². The Bertz CT molecular complexity index is 3050. The molecule has 1 aromatic heterocycles. The molecule has 9 aromatic carbocycles. The molecule has 10 aromatic rings. The highest BCUT2D eigenvalue weighted by Gasteiger charge is 2.40. The lowest BCUT2D eigenvalue weighted by molar-refractivity contribution is 0.714. The normalized spacial score (nSPS) is 13.1. The predicted octanol–water partition coefficient (Wildman–Crippen LogP) is 14.8. The van der Waals surface area contributed by atoms with Gasteiger partial charge in [0.2, 0.25) is 0 Å². The van der Waals surface area contributed by atoms with Crippen LogP contribution < -0.4 is 4.90 Å². The van der Waals surface area contributed by atoms with Gasteiger partial charge in [-0.05, 0) is 104 Å². The molecule has 54 heavy (non-hydrogen) atoms. The van der Waals surface area contributed by atoms with Crippen molar-refractivity contribution in [3.8, 4) is 22.3 Å². The highest BCUT2D eigenvalue weighted by molar-refractivity contribution is 7.26. The second kappa shape index (κ2) is 12.0. The van der Waals surface area contributed by atoms with Crippen LogP contribution in [0, 0.1) is 0 Å². The van der Waals surface area contributed by atoms with Gasteiger partial charge in [0.15, 0.2) is 0 Å². The van der Waals surface area contributed by atoms with Crippen LogP contribution >= 0.6 is 11.3 Å². The Balaban J connectivity index is 1.14. The van der Waals surface area contributed by atoms with Gasteiger partial charge in [0, 0.05) is 32.3 Å². The monoisotopic (exact) mass is 705 g/mol. The molecule has 254 valence electrons. The molecule has 0 atom stereocenters. The number of rotatable bonds is 5. The zero-order chi connectivity index (χ0) is 35.8. The lowest BCUT2D eigenvalue weighted by Crippen LogP contribution is -2.23. The van der Waals surface area contributed by atoms with E-state index in [0.29, 0.717) is 0 Å². The summed E-state index contributed by atoms with van der Waals surface area (Å²) in [5.74, 6) is 0. The molecule has 1 aliphatic rings. The smallest absolute Gasteiger partial charge is 0.0640 e. The van der Waals surface area contributed by atoms with E-state index in [9.17, 15) is 0 Å². The summed E-state index contributed by atoms with van der Waals surface area (Å²) in [6.45, 7) is 2.40. The van der Waals surface area contributed by atoms with Gasteiger partial charge < -0.3 is 4.90 Å². The number of anilines is 3. The SMILES string of the molecule is CC1(c2cccc(N(c3cccc(-c4cccc5c4ccc4ccccc45)c3)c3cccc4c3sc3ccccc34)c2)c2ccccc2-c2ccccc21. The molecule has 0 unspecified atom stereocenters. The van der Waals surface area contributed by atoms with E-state index in [4.69, 9.17) is 0 Å². The van der Waals surface area contributed by atoms with Gasteiger partial charge in [-0.25, -0.2) is 0 Å². The third kappa shape index (κ3) is 4.57. The molecule has 1 heterocycles. The average Bonchev–Trinajstić information content (AvgIpc) is 3.75. The number of benzene rings is 9.